The molecule has 21 heavy (non-hydrogen) atoms. The van der Waals surface area contributed by atoms with Crippen LogP contribution in [0.1, 0.15) is 17.3 Å². The van der Waals surface area contributed by atoms with Crippen molar-refractivity contribution < 1.29 is 17.4 Å². The van der Waals surface area contributed by atoms with Crippen LogP contribution in [-0.2, 0) is 19.9 Å². The summed E-state index contributed by atoms with van der Waals surface area (Å²) in [6, 6.07) is 2.60. The lowest BCUT2D eigenvalue weighted by Gasteiger charge is -2.12. The molecule has 0 aromatic heterocycles. The van der Waals surface area contributed by atoms with Crippen LogP contribution in [0.15, 0.2) is 21.5 Å². The summed E-state index contributed by atoms with van der Waals surface area (Å²) in [5.41, 5.74) is -0.0284. The van der Waals surface area contributed by atoms with Crippen molar-refractivity contribution >= 4 is 64.0 Å². The molecule has 1 rings (SSSR count). The summed E-state index contributed by atoms with van der Waals surface area (Å²) in [4.78, 5) is 11.7. The third kappa shape index (κ3) is 5.21. The SMILES string of the molecule is CC(CNC(=O)c1cc(Br)cc(S(=O)(=O)Cl)c1Cl)S(C)=O. The highest BCUT2D eigenvalue weighted by atomic mass is 79.9. The van der Waals surface area contributed by atoms with E-state index in [9.17, 15) is 17.4 Å². The van der Waals surface area contributed by atoms with Gasteiger partial charge in [-0.3, -0.25) is 9.00 Å². The average molecular weight is 437 g/mol. The van der Waals surface area contributed by atoms with Crippen molar-refractivity contribution in [2.45, 2.75) is 17.1 Å². The standard InChI is InChI=1S/C11H12BrCl2NO4S2/c1-6(20(2)17)5-15-11(16)8-3-7(12)4-9(10(8)13)21(14,18)19/h3-4,6H,5H2,1-2H3,(H,15,16). The van der Waals surface area contributed by atoms with E-state index in [1.807, 2.05) is 0 Å². The molecule has 0 aliphatic carbocycles. The van der Waals surface area contributed by atoms with Crippen LogP contribution in [0.2, 0.25) is 5.02 Å². The first-order valence-electron chi connectivity index (χ1n) is 5.58. The Kier molecular flexibility index (Phi) is 6.67. The Bertz CT molecular complexity index is 694. The Balaban J connectivity index is 3.11. The summed E-state index contributed by atoms with van der Waals surface area (Å²) >= 11 is 9.03. The van der Waals surface area contributed by atoms with Crippen molar-refractivity contribution in [3.05, 3.63) is 27.2 Å². The van der Waals surface area contributed by atoms with Gasteiger partial charge < -0.3 is 5.32 Å². The highest BCUT2D eigenvalue weighted by molar-refractivity contribution is 9.10. The van der Waals surface area contributed by atoms with Gasteiger partial charge >= 0.3 is 0 Å². The van der Waals surface area contributed by atoms with Crippen LogP contribution in [0.25, 0.3) is 0 Å². The average Bonchev–Trinajstić information content (AvgIpc) is 2.36. The molecule has 5 nitrogen and oxygen atoms in total. The van der Waals surface area contributed by atoms with Gasteiger partial charge in [0.05, 0.1) is 10.6 Å². The molecule has 2 unspecified atom stereocenters. The maximum absolute atomic E-state index is 12.1. The second-order valence-electron chi connectivity index (χ2n) is 4.22. The molecule has 0 saturated carbocycles. The fraction of sp³-hybridized carbons (Fsp3) is 0.364. The van der Waals surface area contributed by atoms with Gasteiger partial charge in [-0.2, -0.15) is 0 Å². The summed E-state index contributed by atoms with van der Waals surface area (Å²) in [7, 11) is 0.116. The van der Waals surface area contributed by atoms with E-state index in [0.717, 1.165) is 0 Å². The molecular formula is C11H12BrCl2NO4S2. The van der Waals surface area contributed by atoms with Crippen LogP contribution in [0.3, 0.4) is 0 Å². The molecule has 0 aliphatic rings. The smallest absolute Gasteiger partial charge is 0.262 e. The van der Waals surface area contributed by atoms with Crippen molar-refractivity contribution in [2.75, 3.05) is 12.8 Å². The monoisotopic (exact) mass is 435 g/mol. The van der Waals surface area contributed by atoms with Crippen LogP contribution in [0.4, 0.5) is 0 Å². The summed E-state index contributed by atoms with van der Waals surface area (Å²) in [6.07, 6.45) is 1.53. The number of amides is 1. The van der Waals surface area contributed by atoms with Crippen LogP contribution < -0.4 is 5.32 Å². The minimum Gasteiger partial charge on any atom is -0.351 e. The minimum absolute atomic E-state index is 0.0284. The lowest BCUT2D eigenvalue weighted by molar-refractivity contribution is 0.0954. The zero-order chi connectivity index (χ0) is 16.4. The number of hydrogen-bond acceptors (Lipinski definition) is 4. The molecule has 118 valence electrons. The molecule has 1 amide bonds. The van der Waals surface area contributed by atoms with Gasteiger partial charge in [-0.25, -0.2) is 8.42 Å². The summed E-state index contributed by atoms with van der Waals surface area (Å²) in [6.45, 7) is 1.89. The Labute approximate surface area is 143 Å². The van der Waals surface area contributed by atoms with Crippen molar-refractivity contribution in [2.24, 2.45) is 0 Å². The van der Waals surface area contributed by atoms with Gasteiger partial charge in [0.25, 0.3) is 15.0 Å². The molecule has 0 radical (unpaired) electrons. The van der Waals surface area contributed by atoms with Gasteiger partial charge in [-0.15, -0.1) is 0 Å². The topological polar surface area (TPSA) is 80.3 Å². The van der Waals surface area contributed by atoms with E-state index >= 15 is 0 Å². The molecule has 0 heterocycles. The normalized spacial score (nSPS) is 14.5. The number of hydrogen-bond donors (Lipinski definition) is 1. The fourth-order valence-electron chi connectivity index (χ4n) is 1.36. The molecule has 1 aromatic carbocycles. The van der Waals surface area contributed by atoms with E-state index in [0.29, 0.717) is 4.47 Å². The van der Waals surface area contributed by atoms with Gasteiger partial charge in [-0.1, -0.05) is 27.5 Å². The van der Waals surface area contributed by atoms with Crippen molar-refractivity contribution in [3.8, 4) is 0 Å². The Morgan fingerprint density at radius 1 is 1.48 bits per heavy atom. The molecule has 0 spiro atoms. The number of benzene rings is 1. The number of rotatable bonds is 5. The Hall–Kier alpha value is -0.150. The van der Waals surface area contributed by atoms with E-state index in [4.69, 9.17) is 22.3 Å². The van der Waals surface area contributed by atoms with E-state index in [1.165, 1.54) is 18.4 Å². The van der Waals surface area contributed by atoms with Gasteiger partial charge in [0.2, 0.25) is 0 Å². The highest BCUT2D eigenvalue weighted by Crippen LogP contribution is 2.31. The van der Waals surface area contributed by atoms with Crippen LogP contribution in [0.5, 0.6) is 0 Å². The van der Waals surface area contributed by atoms with Crippen molar-refractivity contribution in [1.82, 2.24) is 5.32 Å². The lowest BCUT2D eigenvalue weighted by atomic mass is 10.2. The maximum atomic E-state index is 12.1. The third-order valence-electron chi connectivity index (χ3n) is 2.63. The van der Waals surface area contributed by atoms with E-state index in [1.54, 1.807) is 6.92 Å². The summed E-state index contributed by atoms with van der Waals surface area (Å²) in [5, 5.41) is 2.06. The predicted octanol–water partition coefficient (Wildman–Crippen LogP) is 2.53. The van der Waals surface area contributed by atoms with Gasteiger partial charge in [0, 0.05) is 44.0 Å². The minimum atomic E-state index is -4.08. The van der Waals surface area contributed by atoms with Gasteiger partial charge in [0.15, 0.2) is 0 Å². The Morgan fingerprint density at radius 2 is 2.05 bits per heavy atom. The third-order valence-corrected chi connectivity index (χ3v) is 6.25. The summed E-state index contributed by atoms with van der Waals surface area (Å²) < 4.78 is 34.4. The Morgan fingerprint density at radius 3 is 2.52 bits per heavy atom. The summed E-state index contributed by atoms with van der Waals surface area (Å²) in [5.74, 6) is -0.569. The molecule has 0 bridgehead atoms. The number of carbonyl (C=O) groups excluding carboxylic acids is 1. The maximum Gasteiger partial charge on any atom is 0.262 e. The molecular weight excluding hydrogens is 425 g/mol. The quantitative estimate of drug-likeness (QED) is 0.719. The van der Waals surface area contributed by atoms with Crippen LogP contribution in [-0.4, -0.2) is 36.6 Å². The second kappa shape index (κ2) is 7.41. The molecule has 1 aromatic rings. The largest absolute Gasteiger partial charge is 0.351 e. The second-order valence-corrected chi connectivity index (χ2v) is 9.85. The molecule has 0 aliphatic heterocycles. The molecule has 0 fully saturated rings. The van der Waals surface area contributed by atoms with Gasteiger partial charge in [-0.05, 0) is 19.1 Å². The first-order chi connectivity index (χ1) is 9.54. The fourth-order valence-corrected chi connectivity index (χ4v) is 3.86. The van der Waals surface area contributed by atoms with E-state index in [2.05, 4.69) is 21.2 Å². The zero-order valence-corrected chi connectivity index (χ0v) is 15.8. The van der Waals surface area contributed by atoms with Gasteiger partial charge in [0.1, 0.15) is 4.90 Å². The van der Waals surface area contributed by atoms with Crippen LogP contribution >= 0.6 is 38.2 Å². The molecule has 0 saturated heterocycles. The number of nitrogens with one attached hydrogen (secondary N) is 1. The lowest BCUT2D eigenvalue weighted by Crippen LogP contribution is -2.32. The first-order valence-corrected chi connectivity index (χ1v) is 10.7. The van der Waals surface area contributed by atoms with E-state index in [-0.39, 0.29) is 27.3 Å². The first kappa shape index (κ1) is 18.9. The number of halogens is 3. The predicted molar refractivity (Wildman–Crippen MR) is 88.1 cm³/mol. The molecule has 10 heteroatoms. The van der Waals surface area contributed by atoms with E-state index < -0.39 is 25.8 Å². The zero-order valence-electron chi connectivity index (χ0n) is 11.0. The molecule has 2 atom stereocenters. The molecule has 1 N–H and O–H groups in total. The number of carbonyl (C=O) groups is 1. The van der Waals surface area contributed by atoms with Crippen LogP contribution in [0, 0.1) is 0 Å². The van der Waals surface area contributed by atoms with Crippen molar-refractivity contribution in [3.63, 3.8) is 0 Å². The highest BCUT2D eigenvalue weighted by Gasteiger charge is 2.22. The van der Waals surface area contributed by atoms with Crippen molar-refractivity contribution in [1.29, 1.82) is 0 Å².